The number of aromatic nitrogens is 1. The molecule has 1 unspecified atom stereocenters. The van der Waals surface area contributed by atoms with E-state index in [0.717, 1.165) is 0 Å². The second-order valence-electron chi connectivity index (χ2n) is 3.49. The number of hydrogen-bond acceptors (Lipinski definition) is 4. The first-order chi connectivity index (χ1) is 8.58. The van der Waals surface area contributed by atoms with Gasteiger partial charge in [-0.1, -0.05) is 18.5 Å². The van der Waals surface area contributed by atoms with Gasteiger partial charge in [0.05, 0.1) is 10.6 Å². The topological polar surface area (TPSA) is 71.1 Å². The van der Waals surface area contributed by atoms with Crippen LogP contribution in [0, 0.1) is 0 Å². The summed E-state index contributed by atoms with van der Waals surface area (Å²) in [5, 5.41) is 5.81. The van der Waals surface area contributed by atoms with Gasteiger partial charge in [0.1, 0.15) is 5.82 Å². The van der Waals surface area contributed by atoms with Crippen molar-refractivity contribution >= 4 is 34.1 Å². The molecule has 18 heavy (non-hydrogen) atoms. The highest BCUT2D eigenvalue weighted by Crippen LogP contribution is 2.17. The molecule has 1 atom stereocenters. The Morgan fingerprint density at radius 2 is 2.28 bits per heavy atom. The van der Waals surface area contributed by atoms with Gasteiger partial charge in [-0.15, -0.1) is 0 Å². The van der Waals surface area contributed by atoms with Crippen molar-refractivity contribution in [2.75, 3.05) is 30.4 Å². The van der Waals surface area contributed by atoms with Gasteiger partial charge in [-0.05, 0) is 6.07 Å². The van der Waals surface area contributed by atoms with E-state index in [0.29, 0.717) is 34.5 Å². The van der Waals surface area contributed by atoms with Gasteiger partial charge < -0.3 is 10.6 Å². The average Bonchev–Trinajstić information content (AvgIpc) is 2.38. The second kappa shape index (κ2) is 7.33. The third-order valence-corrected chi connectivity index (χ3v) is 3.90. The molecule has 0 spiro atoms. The maximum Gasteiger partial charge on any atom is 0.253 e. The summed E-state index contributed by atoms with van der Waals surface area (Å²) in [5.74, 6) is 1.33. The lowest BCUT2D eigenvalue weighted by atomic mass is 10.2. The highest BCUT2D eigenvalue weighted by molar-refractivity contribution is 7.84. The third-order valence-electron chi connectivity index (χ3n) is 2.29. The molecule has 0 saturated carbocycles. The first kappa shape index (κ1) is 14.9. The Morgan fingerprint density at radius 3 is 2.89 bits per heavy atom. The Balaban J connectivity index is 2.63. The summed E-state index contributed by atoms with van der Waals surface area (Å²) < 4.78 is 11.2. The molecule has 7 heteroatoms. The zero-order chi connectivity index (χ0) is 13.5. The largest absolute Gasteiger partial charge is 0.373 e. The smallest absolute Gasteiger partial charge is 0.253 e. The van der Waals surface area contributed by atoms with Crippen LogP contribution < -0.4 is 10.6 Å². The van der Waals surface area contributed by atoms with Crippen molar-refractivity contribution in [3.05, 3.63) is 22.8 Å². The maximum absolute atomic E-state index is 11.9. The quantitative estimate of drug-likeness (QED) is 0.827. The van der Waals surface area contributed by atoms with Crippen molar-refractivity contribution in [2.45, 2.75) is 6.92 Å². The first-order valence-corrected chi connectivity index (χ1v) is 7.41. The molecule has 0 aliphatic carbocycles. The van der Waals surface area contributed by atoms with E-state index in [-0.39, 0.29) is 5.91 Å². The molecule has 0 fully saturated rings. The van der Waals surface area contributed by atoms with Gasteiger partial charge in [-0.3, -0.25) is 9.00 Å². The van der Waals surface area contributed by atoms with E-state index in [9.17, 15) is 9.00 Å². The van der Waals surface area contributed by atoms with Gasteiger partial charge in [0, 0.05) is 42.1 Å². The molecule has 0 bridgehead atoms. The number of hydrogen-bond donors (Lipinski definition) is 2. The fourth-order valence-corrected chi connectivity index (χ4v) is 2.07. The lowest BCUT2D eigenvalue weighted by Crippen LogP contribution is -2.28. The van der Waals surface area contributed by atoms with Crippen molar-refractivity contribution in [2.24, 2.45) is 0 Å². The Bertz CT molecular complexity index is 454. The fourth-order valence-electron chi connectivity index (χ4n) is 1.27. The Morgan fingerprint density at radius 1 is 1.56 bits per heavy atom. The van der Waals surface area contributed by atoms with Crippen molar-refractivity contribution in [3.8, 4) is 0 Å². The summed E-state index contributed by atoms with van der Waals surface area (Å²) in [7, 11) is 0.827. The van der Waals surface area contributed by atoms with Crippen LogP contribution in [0.5, 0.6) is 0 Å². The minimum absolute atomic E-state index is 0.285. The van der Waals surface area contributed by atoms with Gasteiger partial charge in [-0.2, -0.15) is 0 Å². The van der Waals surface area contributed by atoms with Crippen LogP contribution in [0.25, 0.3) is 0 Å². The number of carbonyl (C=O) groups is 1. The highest BCUT2D eigenvalue weighted by atomic mass is 35.5. The van der Waals surface area contributed by atoms with Crippen molar-refractivity contribution < 1.29 is 9.00 Å². The Kier molecular flexibility index (Phi) is 6.07. The maximum atomic E-state index is 11.9. The van der Waals surface area contributed by atoms with E-state index >= 15 is 0 Å². The molecule has 5 nitrogen and oxygen atoms in total. The lowest BCUT2D eigenvalue weighted by Gasteiger charge is -2.07. The predicted octanol–water partition coefficient (Wildman–Crippen LogP) is 1.28. The van der Waals surface area contributed by atoms with Crippen LogP contribution in [0.4, 0.5) is 5.82 Å². The van der Waals surface area contributed by atoms with Crippen LogP contribution in [0.15, 0.2) is 12.3 Å². The fraction of sp³-hybridized carbons (Fsp3) is 0.455. The number of carbonyl (C=O) groups excluding carboxylic acids is 1. The van der Waals surface area contributed by atoms with Crippen LogP contribution in [-0.2, 0) is 10.8 Å². The minimum Gasteiger partial charge on any atom is -0.373 e. The average molecular weight is 290 g/mol. The molecule has 0 aliphatic rings. The van der Waals surface area contributed by atoms with Gasteiger partial charge >= 0.3 is 0 Å². The molecule has 0 aliphatic heterocycles. The summed E-state index contributed by atoms with van der Waals surface area (Å²) in [6.07, 6.45) is 1.42. The number of pyridine rings is 1. The number of nitrogens with one attached hydrogen (secondary N) is 2. The molecule has 2 N–H and O–H groups in total. The molecule has 1 aromatic heterocycles. The molecule has 1 rings (SSSR count). The Labute approximate surface area is 114 Å². The molecule has 0 radical (unpaired) electrons. The highest BCUT2D eigenvalue weighted by Gasteiger charge is 2.11. The van der Waals surface area contributed by atoms with Gasteiger partial charge in [-0.25, -0.2) is 4.98 Å². The second-order valence-corrected chi connectivity index (χ2v) is 5.76. The monoisotopic (exact) mass is 289 g/mol. The van der Waals surface area contributed by atoms with Crippen LogP contribution in [0.1, 0.15) is 17.3 Å². The van der Waals surface area contributed by atoms with Gasteiger partial charge in [0.2, 0.25) is 0 Å². The molecule has 1 aromatic rings. The van der Waals surface area contributed by atoms with Crippen LogP contribution in [0.2, 0.25) is 5.02 Å². The van der Waals surface area contributed by atoms with Crippen molar-refractivity contribution in [3.63, 3.8) is 0 Å². The summed E-state index contributed by atoms with van der Waals surface area (Å²) in [6, 6.07) is 1.58. The van der Waals surface area contributed by atoms with E-state index < -0.39 is 10.8 Å². The van der Waals surface area contributed by atoms with Crippen LogP contribution in [-0.4, -0.2) is 40.2 Å². The van der Waals surface area contributed by atoms with E-state index in [1.54, 1.807) is 13.1 Å². The minimum atomic E-state index is -0.884. The van der Waals surface area contributed by atoms with E-state index in [1.165, 1.54) is 6.20 Å². The molecule has 1 heterocycles. The first-order valence-electron chi connectivity index (χ1n) is 5.55. The van der Waals surface area contributed by atoms with E-state index in [1.807, 2.05) is 6.92 Å². The zero-order valence-corrected chi connectivity index (χ0v) is 11.9. The summed E-state index contributed by atoms with van der Waals surface area (Å²) in [5.41, 5.74) is 0.360. The van der Waals surface area contributed by atoms with E-state index in [2.05, 4.69) is 15.6 Å². The summed E-state index contributed by atoms with van der Waals surface area (Å²) in [4.78, 5) is 15.8. The molecule has 1 amide bonds. The predicted molar refractivity (Wildman–Crippen MR) is 74.7 cm³/mol. The third kappa shape index (κ3) is 4.27. The van der Waals surface area contributed by atoms with Crippen molar-refractivity contribution in [1.29, 1.82) is 0 Å². The molecule has 0 aromatic carbocycles. The zero-order valence-electron chi connectivity index (χ0n) is 10.3. The SMILES string of the molecule is CCS(=O)CCNC(=O)c1cc(NC)ncc1Cl. The summed E-state index contributed by atoms with van der Waals surface area (Å²) in [6.45, 7) is 2.21. The number of amides is 1. The van der Waals surface area contributed by atoms with Crippen LogP contribution >= 0.6 is 11.6 Å². The Hall–Kier alpha value is -1.14. The molecular weight excluding hydrogens is 274 g/mol. The number of nitrogens with zero attached hydrogens (tertiary/aromatic N) is 1. The molecular formula is C11H16ClN3O2S. The number of anilines is 1. The van der Waals surface area contributed by atoms with Crippen LogP contribution in [0.3, 0.4) is 0 Å². The number of rotatable bonds is 6. The summed E-state index contributed by atoms with van der Waals surface area (Å²) >= 11 is 5.91. The van der Waals surface area contributed by atoms with Gasteiger partial charge in [0.25, 0.3) is 5.91 Å². The van der Waals surface area contributed by atoms with E-state index in [4.69, 9.17) is 11.6 Å². The molecule has 100 valence electrons. The number of halogens is 1. The van der Waals surface area contributed by atoms with Crippen molar-refractivity contribution in [1.82, 2.24) is 10.3 Å². The normalized spacial score (nSPS) is 11.9. The molecule has 0 saturated heterocycles. The van der Waals surface area contributed by atoms with Gasteiger partial charge in [0.15, 0.2) is 0 Å². The lowest BCUT2D eigenvalue weighted by molar-refractivity contribution is 0.0956. The standard InChI is InChI=1S/C11H16ClN3O2S/c1-3-18(17)5-4-14-11(16)8-6-10(13-2)15-7-9(8)12/h6-7H,3-5H2,1-2H3,(H,13,15)(H,14,16).